The van der Waals surface area contributed by atoms with Crippen LogP contribution in [0.2, 0.25) is 0 Å². The van der Waals surface area contributed by atoms with Crippen LogP contribution in [-0.2, 0) is 10.0 Å². The van der Waals surface area contributed by atoms with Crippen molar-refractivity contribution in [3.63, 3.8) is 0 Å². The predicted molar refractivity (Wildman–Crippen MR) is 81.5 cm³/mol. The molecule has 1 heterocycles. The van der Waals surface area contributed by atoms with E-state index in [1.165, 1.54) is 25.9 Å². The van der Waals surface area contributed by atoms with Gasteiger partial charge in [0.05, 0.1) is 4.90 Å². The first kappa shape index (κ1) is 15.3. The van der Waals surface area contributed by atoms with Crippen LogP contribution in [0.1, 0.15) is 19.8 Å². The Bertz CT molecular complexity index is 508. The van der Waals surface area contributed by atoms with Crippen molar-refractivity contribution in [2.75, 3.05) is 38.0 Å². The van der Waals surface area contributed by atoms with Crippen molar-refractivity contribution < 1.29 is 8.42 Å². The fourth-order valence-corrected chi connectivity index (χ4v) is 3.43. The molecule has 1 aliphatic rings. The van der Waals surface area contributed by atoms with Gasteiger partial charge < -0.3 is 10.2 Å². The second-order valence-corrected chi connectivity index (χ2v) is 6.77. The average molecular weight is 297 g/mol. The Balaban J connectivity index is 1.85. The molecule has 5 nitrogen and oxygen atoms in total. The molecule has 0 saturated carbocycles. The van der Waals surface area contributed by atoms with Gasteiger partial charge >= 0.3 is 0 Å². The third-order valence-electron chi connectivity index (χ3n) is 3.45. The summed E-state index contributed by atoms with van der Waals surface area (Å²) in [5, 5.41) is 3.33. The number of benzene rings is 1. The van der Waals surface area contributed by atoms with Crippen LogP contribution in [0.25, 0.3) is 0 Å². The third kappa shape index (κ3) is 4.19. The lowest BCUT2D eigenvalue weighted by molar-refractivity contribution is 0.352. The molecular weight excluding hydrogens is 274 g/mol. The van der Waals surface area contributed by atoms with Crippen LogP contribution in [0.4, 0.5) is 5.69 Å². The lowest BCUT2D eigenvalue weighted by atomic mass is 10.3. The van der Waals surface area contributed by atoms with Crippen molar-refractivity contribution >= 4 is 15.7 Å². The molecule has 0 atom stereocenters. The van der Waals surface area contributed by atoms with E-state index in [2.05, 4.69) is 14.9 Å². The fourth-order valence-electron chi connectivity index (χ4n) is 2.39. The number of hydrogen-bond donors (Lipinski definition) is 2. The number of rotatable bonds is 7. The van der Waals surface area contributed by atoms with E-state index < -0.39 is 10.0 Å². The van der Waals surface area contributed by atoms with Gasteiger partial charge in [-0.25, -0.2) is 13.1 Å². The summed E-state index contributed by atoms with van der Waals surface area (Å²) in [6.07, 6.45) is 2.61. The van der Waals surface area contributed by atoms with E-state index in [-0.39, 0.29) is 0 Å². The second-order valence-electron chi connectivity index (χ2n) is 5.00. The summed E-state index contributed by atoms with van der Waals surface area (Å²) < 4.78 is 26.1. The van der Waals surface area contributed by atoms with Crippen molar-refractivity contribution in [2.45, 2.75) is 24.7 Å². The van der Waals surface area contributed by atoms with Crippen LogP contribution in [0.5, 0.6) is 0 Å². The minimum absolute atomic E-state index is 0.310. The molecule has 0 spiro atoms. The van der Waals surface area contributed by atoms with Gasteiger partial charge in [0, 0.05) is 25.3 Å². The molecular formula is C14H23N3O2S. The standard InChI is InChI=1S/C14H23N3O2S/c1-2-16-20(18,19)14-7-5-13(6-8-14)15-9-12-17-10-3-4-11-17/h5-8,15-16H,2-4,9-12H2,1H3. The number of anilines is 1. The van der Waals surface area contributed by atoms with E-state index in [1.54, 1.807) is 19.1 Å². The van der Waals surface area contributed by atoms with Gasteiger partial charge in [-0.1, -0.05) is 6.92 Å². The van der Waals surface area contributed by atoms with Crippen LogP contribution < -0.4 is 10.0 Å². The first-order chi connectivity index (χ1) is 9.62. The fraction of sp³-hybridized carbons (Fsp3) is 0.571. The minimum Gasteiger partial charge on any atom is -0.384 e. The van der Waals surface area contributed by atoms with Crippen molar-refractivity contribution in [2.24, 2.45) is 0 Å². The van der Waals surface area contributed by atoms with E-state index in [1.807, 2.05) is 12.1 Å². The molecule has 0 aliphatic carbocycles. The van der Waals surface area contributed by atoms with Crippen LogP contribution in [-0.4, -0.2) is 46.0 Å². The van der Waals surface area contributed by atoms with Gasteiger partial charge in [-0.2, -0.15) is 0 Å². The normalized spacial score (nSPS) is 16.4. The first-order valence-electron chi connectivity index (χ1n) is 7.18. The highest BCUT2D eigenvalue weighted by Gasteiger charge is 2.12. The molecule has 1 aromatic carbocycles. The molecule has 2 N–H and O–H groups in total. The highest BCUT2D eigenvalue weighted by molar-refractivity contribution is 7.89. The summed E-state index contributed by atoms with van der Waals surface area (Å²) in [4.78, 5) is 2.75. The lowest BCUT2D eigenvalue weighted by Gasteiger charge is -2.15. The minimum atomic E-state index is -3.35. The first-order valence-corrected chi connectivity index (χ1v) is 8.66. The predicted octanol–water partition coefficient (Wildman–Crippen LogP) is 1.49. The van der Waals surface area contributed by atoms with Gasteiger partial charge in [-0.15, -0.1) is 0 Å². The van der Waals surface area contributed by atoms with Crippen LogP contribution in [0.15, 0.2) is 29.2 Å². The Morgan fingerprint density at radius 2 is 1.80 bits per heavy atom. The van der Waals surface area contributed by atoms with Crippen molar-refractivity contribution in [1.82, 2.24) is 9.62 Å². The molecule has 0 bridgehead atoms. The van der Waals surface area contributed by atoms with Crippen molar-refractivity contribution in [3.8, 4) is 0 Å². The lowest BCUT2D eigenvalue weighted by Crippen LogP contribution is -2.26. The molecule has 1 saturated heterocycles. The molecule has 0 aromatic heterocycles. The summed E-state index contributed by atoms with van der Waals surface area (Å²) in [5.41, 5.74) is 0.958. The molecule has 1 aliphatic heterocycles. The van der Waals surface area contributed by atoms with Crippen LogP contribution in [0.3, 0.4) is 0 Å². The van der Waals surface area contributed by atoms with Gasteiger partial charge in [0.15, 0.2) is 0 Å². The summed E-state index contributed by atoms with van der Waals surface area (Å²) >= 11 is 0. The molecule has 1 fully saturated rings. The zero-order valence-corrected chi connectivity index (χ0v) is 12.7. The monoisotopic (exact) mass is 297 g/mol. The highest BCUT2D eigenvalue weighted by Crippen LogP contribution is 2.14. The highest BCUT2D eigenvalue weighted by atomic mass is 32.2. The molecule has 2 rings (SSSR count). The zero-order valence-electron chi connectivity index (χ0n) is 11.9. The van der Waals surface area contributed by atoms with Crippen LogP contribution >= 0.6 is 0 Å². The third-order valence-corrected chi connectivity index (χ3v) is 5.02. The maximum Gasteiger partial charge on any atom is 0.240 e. The van der Waals surface area contributed by atoms with E-state index in [0.29, 0.717) is 11.4 Å². The Labute approximate surface area is 121 Å². The van der Waals surface area contributed by atoms with Crippen LogP contribution in [0, 0.1) is 0 Å². The molecule has 1 aromatic rings. The van der Waals surface area contributed by atoms with Gasteiger partial charge in [-0.3, -0.25) is 0 Å². The molecule has 0 unspecified atom stereocenters. The van der Waals surface area contributed by atoms with E-state index >= 15 is 0 Å². The molecule has 20 heavy (non-hydrogen) atoms. The number of likely N-dealkylation sites (tertiary alicyclic amines) is 1. The average Bonchev–Trinajstić information content (AvgIpc) is 2.92. The number of nitrogens with one attached hydrogen (secondary N) is 2. The molecule has 0 amide bonds. The maximum atomic E-state index is 11.8. The van der Waals surface area contributed by atoms with Gasteiger partial charge in [0.2, 0.25) is 10.0 Å². The summed E-state index contributed by atoms with van der Waals surface area (Å²) in [6, 6.07) is 6.90. The smallest absolute Gasteiger partial charge is 0.240 e. The quantitative estimate of drug-likeness (QED) is 0.800. The van der Waals surface area contributed by atoms with E-state index in [9.17, 15) is 8.42 Å². The summed E-state index contributed by atoms with van der Waals surface area (Å²) in [6.45, 7) is 6.49. The van der Waals surface area contributed by atoms with Gasteiger partial charge in [0.25, 0.3) is 0 Å². The Morgan fingerprint density at radius 1 is 1.15 bits per heavy atom. The largest absolute Gasteiger partial charge is 0.384 e. The maximum absolute atomic E-state index is 11.8. The number of nitrogens with zero attached hydrogens (tertiary/aromatic N) is 1. The second kappa shape index (κ2) is 7.06. The zero-order chi connectivity index (χ0) is 14.4. The molecule has 6 heteroatoms. The van der Waals surface area contributed by atoms with Crippen molar-refractivity contribution in [1.29, 1.82) is 0 Å². The Hall–Kier alpha value is -1.11. The van der Waals surface area contributed by atoms with Gasteiger partial charge in [-0.05, 0) is 50.2 Å². The summed E-state index contributed by atoms with van der Waals surface area (Å²) in [7, 11) is -3.35. The van der Waals surface area contributed by atoms with E-state index in [4.69, 9.17) is 0 Å². The summed E-state index contributed by atoms with van der Waals surface area (Å²) in [5.74, 6) is 0. The Kier molecular flexibility index (Phi) is 5.39. The number of sulfonamides is 1. The van der Waals surface area contributed by atoms with Crippen molar-refractivity contribution in [3.05, 3.63) is 24.3 Å². The Morgan fingerprint density at radius 3 is 2.40 bits per heavy atom. The molecule has 112 valence electrons. The molecule has 0 radical (unpaired) electrons. The topological polar surface area (TPSA) is 61.4 Å². The SMILES string of the molecule is CCNS(=O)(=O)c1ccc(NCCN2CCCC2)cc1. The van der Waals surface area contributed by atoms with Gasteiger partial charge in [0.1, 0.15) is 0 Å². The number of hydrogen-bond acceptors (Lipinski definition) is 4. The van der Waals surface area contributed by atoms with E-state index in [0.717, 1.165) is 18.8 Å².